The van der Waals surface area contributed by atoms with Crippen molar-refractivity contribution in [2.24, 2.45) is 0 Å². The summed E-state index contributed by atoms with van der Waals surface area (Å²) in [5.41, 5.74) is 0. The van der Waals surface area contributed by atoms with Crippen LogP contribution in [0.2, 0.25) is 5.22 Å². The lowest BCUT2D eigenvalue weighted by Crippen LogP contribution is -2.25. The predicted octanol–water partition coefficient (Wildman–Crippen LogP) is 3.23. The lowest BCUT2D eigenvalue weighted by molar-refractivity contribution is 0.0925. The van der Waals surface area contributed by atoms with Crippen LogP contribution in [0.4, 0.5) is 0 Å². The molecule has 0 aliphatic carbocycles. The maximum absolute atomic E-state index is 11.4. The molecule has 1 rings (SSSR count). The fraction of sp³-hybridized carbons (Fsp3) is 0.500. The van der Waals surface area contributed by atoms with Crippen LogP contribution in [0.15, 0.2) is 16.5 Å². The molecule has 3 nitrogen and oxygen atoms in total. The SMILES string of the molecule is CCC(Br)CCNC(=O)c1ccc(Cl)o1. The minimum atomic E-state index is -0.224. The summed E-state index contributed by atoms with van der Waals surface area (Å²) >= 11 is 9.05. The van der Waals surface area contributed by atoms with Crippen LogP contribution in [0, 0.1) is 0 Å². The lowest BCUT2D eigenvalue weighted by Gasteiger charge is -2.06. The van der Waals surface area contributed by atoms with Crippen molar-refractivity contribution in [3.8, 4) is 0 Å². The molecule has 1 unspecified atom stereocenters. The number of hydrogen-bond acceptors (Lipinski definition) is 2. The third-order valence-electron chi connectivity index (χ3n) is 1.98. The predicted molar refractivity (Wildman–Crippen MR) is 63.7 cm³/mol. The highest BCUT2D eigenvalue weighted by molar-refractivity contribution is 9.09. The highest BCUT2D eigenvalue weighted by atomic mass is 79.9. The Labute approximate surface area is 102 Å². The van der Waals surface area contributed by atoms with Gasteiger partial charge in [-0.05, 0) is 36.6 Å². The molecular formula is C10H13BrClNO2. The molecule has 0 aliphatic rings. The first-order valence-electron chi connectivity index (χ1n) is 4.81. The number of halogens is 2. The average molecular weight is 295 g/mol. The number of carbonyl (C=O) groups excluding carboxylic acids is 1. The van der Waals surface area contributed by atoms with Gasteiger partial charge in [0.05, 0.1) is 0 Å². The molecule has 84 valence electrons. The fourth-order valence-electron chi connectivity index (χ4n) is 1.07. The number of carbonyl (C=O) groups is 1. The van der Waals surface area contributed by atoms with E-state index in [1.807, 2.05) is 0 Å². The van der Waals surface area contributed by atoms with Gasteiger partial charge in [-0.15, -0.1) is 0 Å². The average Bonchev–Trinajstić information content (AvgIpc) is 2.64. The molecule has 1 aromatic heterocycles. The maximum atomic E-state index is 11.4. The van der Waals surface area contributed by atoms with E-state index >= 15 is 0 Å². The molecule has 15 heavy (non-hydrogen) atoms. The third kappa shape index (κ3) is 4.26. The van der Waals surface area contributed by atoms with Gasteiger partial charge in [0.25, 0.3) is 5.91 Å². The molecule has 0 spiro atoms. The third-order valence-corrected chi connectivity index (χ3v) is 3.29. The van der Waals surface area contributed by atoms with E-state index < -0.39 is 0 Å². The van der Waals surface area contributed by atoms with E-state index in [4.69, 9.17) is 16.0 Å². The summed E-state index contributed by atoms with van der Waals surface area (Å²) < 4.78 is 4.97. The first-order valence-corrected chi connectivity index (χ1v) is 6.10. The molecule has 0 saturated heterocycles. The van der Waals surface area contributed by atoms with Gasteiger partial charge in [0.1, 0.15) is 0 Å². The topological polar surface area (TPSA) is 42.2 Å². The first kappa shape index (κ1) is 12.6. The quantitative estimate of drug-likeness (QED) is 0.847. The minimum absolute atomic E-state index is 0.224. The van der Waals surface area contributed by atoms with Gasteiger partial charge in [0.15, 0.2) is 11.0 Å². The van der Waals surface area contributed by atoms with Crippen molar-refractivity contribution in [1.29, 1.82) is 0 Å². The number of furan rings is 1. The Kier molecular flexibility index (Phi) is 5.19. The summed E-state index contributed by atoms with van der Waals surface area (Å²) in [6, 6.07) is 3.11. The van der Waals surface area contributed by atoms with Crippen LogP contribution in [0.5, 0.6) is 0 Å². The van der Waals surface area contributed by atoms with Gasteiger partial charge in [-0.25, -0.2) is 0 Å². The molecule has 0 saturated carbocycles. The molecule has 0 aliphatic heterocycles. The Hall–Kier alpha value is -0.480. The molecule has 1 atom stereocenters. The van der Waals surface area contributed by atoms with Gasteiger partial charge < -0.3 is 9.73 Å². The lowest BCUT2D eigenvalue weighted by atomic mass is 10.2. The molecular weight excluding hydrogens is 281 g/mol. The normalized spacial score (nSPS) is 12.5. The number of alkyl halides is 1. The molecule has 1 aromatic rings. The van der Waals surface area contributed by atoms with Crippen LogP contribution in [0.1, 0.15) is 30.3 Å². The number of hydrogen-bond donors (Lipinski definition) is 1. The number of amides is 1. The molecule has 0 fully saturated rings. The fourth-order valence-corrected chi connectivity index (χ4v) is 1.44. The minimum Gasteiger partial charge on any atom is -0.440 e. The van der Waals surface area contributed by atoms with Gasteiger partial charge in [-0.1, -0.05) is 22.9 Å². The summed E-state index contributed by atoms with van der Waals surface area (Å²) in [6.45, 7) is 2.72. The van der Waals surface area contributed by atoms with Gasteiger partial charge >= 0.3 is 0 Å². The summed E-state index contributed by atoms with van der Waals surface area (Å²) in [6.07, 6.45) is 1.94. The van der Waals surface area contributed by atoms with Crippen LogP contribution in [-0.4, -0.2) is 17.3 Å². The van der Waals surface area contributed by atoms with Gasteiger partial charge in [0.2, 0.25) is 0 Å². The number of rotatable bonds is 5. The molecule has 1 heterocycles. The molecule has 0 bridgehead atoms. The molecule has 1 N–H and O–H groups in total. The van der Waals surface area contributed by atoms with Crippen LogP contribution in [0.25, 0.3) is 0 Å². The highest BCUT2D eigenvalue weighted by Crippen LogP contribution is 2.13. The smallest absolute Gasteiger partial charge is 0.287 e. The van der Waals surface area contributed by atoms with Crippen molar-refractivity contribution < 1.29 is 9.21 Å². The first-order chi connectivity index (χ1) is 7.13. The standard InChI is InChI=1S/C10H13BrClNO2/c1-2-7(11)5-6-13-10(14)8-3-4-9(12)15-8/h3-4,7H,2,5-6H2,1H3,(H,13,14). The summed E-state index contributed by atoms with van der Waals surface area (Å²) in [5, 5.41) is 2.98. The largest absolute Gasteiger partial charge is 0.440 e. The van der Waals surface area contributed by atoms with Crippen LogP contribution >= 0.6 is 27.5 Å². The Bertz CT molecular complexity index is 327. The summed E-state index contributed by atoms with van der Waals surface area (Å²) in [4.78, 5) is 11.9. The van der Waals surface area contributed by atoms with Crippen molar-refractivity contribution in [3.63, 3.8) is 0 Å². The second-order valence-electron chi connectivity index (χ2n) is 3.15. The highest BCUT2D eigenvalue weighted by Gasteiger charge is 2.10. The van der Waals surface area contributed by atoms with Crippen molar-refractivity contribution in [2.75, 3.05) is 6.54 Å². The van der Waals surface area contributed by atoms with E-state index in [-0.39, 0.29) is 16.9 Å². The van der Waals surface area contributed by atoms with Gasteiger partial charge in [-0.2, -0.15) is 0 Å². The van der Waals surface area contributed by atoms with Crippen molar-refractivity contribution in [2.45, 2.75) is 24.6 Å². The van der Waals surface area contributed by atoms with Crippen LogP contribution in [0.3, 0.4) is 0 Å². The molecule has 1 amide bonds. The van der Waals surface area contributed by atoms with E-state index in [1.165, 1.54) is 0 Å². The van der Waals surface area contributed by atoms with E-state index in [0.29, 0.717) is 11.4 Å². The van der Waals surface area contributed by atoms with E-state index in [2.05, 4.69) is 28.2 Å². The van der Waals surface area contributed by atoms with E-state index in [1.54, 1.807) is 12.1 Å². The number of nitrogens with one attached hydrogen (secondary N) is 1. The van der Waals surface area contributed by atoms with Crippen LogP contribution in [-0.2, 0) is 0 Å². The second kappa shape index (κ2) is 6.18. The summed E-state index contributed by atoms with van der Waals surface area (Å²) in [5.74, 6) is 0.0281. The Morgan fingerprint density at radius 1 is 1.67 bits per heavy atom. The maximum Gasteiger partial charge on any atom is 0.287 e. The Morgan fingerprint density at radius 3 is 2.93 bits per heavy atom. The zero-order valence-electron chi connectivity index (χ0n) is 8.43. The Morgan fingerprint density at radius 2 is 2.40 bits per heavy atom. The zero-order valence-corrected chi connectivity index (χ0v) is 10.8. The summed E-state index contributed by atoms with van der Waals surface area (Å²) in [7, 11) is 0. The molecule has 0 aromatic carbocycles. The monoisotopic (exact) mass is 293 g/mol. The zero-order chi connectivity index (χ0) is 11.3. The van der Waals surface area contributed by atoms with Crippen molar-refractivity contribution in [1.82, 2.24) is 5.32 Å². The van der Waals surface area contributed by atoms with E-state index in [0.717, 1.165) is 12.8 Å². The van der Waals surface area contributed by atoms with Gasteiger partial charge in [-0.3, -0.25) is 4.79 Å². The van der Waals surface area contributed by atoms with Gasteiger partial charge in [0, 0.05) is 11.4 Å². The van der Waals surface area contributed by atoms with Crippen molar-refractivity contribution >= 4 is 33.4 Å². The van der Waals surface area contributed by atoms with E-state index in [9.17, 15) is 4.79 Å². The molecule has 0 radical (unpaired) electrons. The van der Waals surface area contributed by atoms with Crippen LogP contribution < -0.4 is 5.32 Å². The second-order valence-corrected chi connectivity index (χ2v) is 4.82. The molecule has 5 heteroatoms. The van der Waals surface area contributed by atoms with Crippen molar-refractivity contribution in [3.05, 3.63) is 23.1 Å². The Balaban J connectivity index is 2.31.